The molecule has 1 heteroatoms. The molecule has 3 rings (SSSR count). The van der Waals surface area contributed by atoms with Crippen molar-refractivity contribution in [3.05, 3.63) is 77.9 Å². The van der Waals surface area contributed by atoms with Crippen molar-refractivity contribution in [1.29, 1.82) is 0 Å². The fraction of sp³-hybridized carbons (Fsp3) is 0.250. The van der Waals surface area contributed by atoms with Gasteiger partial charge in [-0.05, 0) is 35.4 Å². The Bertz CT molecular complexity index is 884. The Labute approximate surface area is 150 Å². The van der Waals surface area contributed by atoms with Crippen molar-refractivity contribution in [2.45, 2.75) is 38.5 Å². The molecule has 0 bridgehead atoms. The summed E-state index contributed by atoms with van der Waals surface area (Å²) in [5.41, 5.74) is 1.99. The number of phenols is 1. The van der Waals surface area contributed by atoms with Crippen molar-refractivity contribution in [2.24, 2.45) is 0 Å². The number of fused-ring (bicyclic) bond motifs is 1. The van der Waals surface area contributed by atoms with Crippen molar-refractivity contribution in [3.8, 4) is 17.6 Å². The van der Waals surface area contributed by atoms with Crippen LogP contribution in [0.5, 0.6) is 5.75 Å². The molecule has 126 valence electrons. The number of benzene rings is 3. The van der Waals surface area contributed by atoms with Crippen molar-refractivity contribution in [1.82, 2.24) is 0 Å². The van der Waals surface area contributed by atoms with E-state index in [0.29, 0.717) is 5.75 Å². The highest BCUT2D eigenvalue weighted by Gasteiger charge is 2.16. The quantitative estimate of drug-likeness (QED) is 0.433. The molecule has 0 aliphatic carbocycles. The first-order valence-electron chi connectivity index (χ1n) is 9.07. The predicted octanol–water partition coefficient (Wildman–Crippen LogP) is 6.26. The van der Waals surface area contributed by atoms with Crippen LogP contribution < -0.4 is 0 Å². The van der Waals surface area contributed by atoms with Gasteiger partial charge in [0.2, 0.25) is 0 Å². The number of rotatable bonds is 5. The van der Waals surface area contributed by atoms with Gasteiger partial charge in [0.05, 0.1) is 0 Å². The summed E-state index contributed by atoms with van der Waals surface area (Å²) in [6, 6.07) is 22.1. The molecule has 0 saturated carbocycles. The maximum absolute atomic E-state index is 10.6. The van der Waals surface area contributed by atoms with Gasteiger partial charge in [0.15, 0.2) is 0 Å². The normalized spacial score (nSPS) is 11.7. The van der Waals surface area contributed by atoms with Crippen LogP contribution in [-0.2, 0) is 0 Å². The molecule has 1 unspecified atom stereocenters. The molecule has 0 heterocycles. The maximum Gasteiger partial charge on any atom is 0.120 e. The third kappa shape index (κ3) is 4.22. The lowest BCUT2D eigenvalue weighted by Gasteiger charge is -2.16. The van der Waals surface area contributed by atoms with Crippen LogP contribution in [0.2, 0.25) is 0 Å². The molecule has 3 aromatic carbocycles. The third-order valence-electron chi connectivity index (χ3n) is 4.56. The van der Waals surface area contributed by atoms with E-state index in [1.165, 1.54) is 12.8 Å². The van der Waals surface area contributed by atoms with Crippen molar-refractivity contribution < 1.29 is 5.11 Å². The first-order chi connectivity index (χ1) is 12.3. The molecule has 25 heavy (non-hydrogen) atoms. The summed E-state index contributed by atoms with van der Waals surface area (Å²) in [7, 11) is 0. The van der Waals surface area contributed by atoms with Gasteiger partial charge in [-0.3, -0.25) is 0 Å². The second kappa shape index (κ2) is 8.40. The smallest absolute Gasteiger partial charge is 0.120 e. The second-order valence-electron chi connectivity index (χ2n) is 6.40. The standard InChI is InChI=1S/C24H24O/c1-2-3-5-13-21(16-15-19-10-6-4-7-11-19)24-22-14-9-8-12-20(22)17-18-23(24)25/h4,6-12,14,17-18,21,25H,2-3,5,13H2,1H3. The van der Waals surface area contributed by atoms with E-state index < -0.39 is 0 Å². The van der Waals surface area contributed by atoms with Crippen LogP contribution in [0.1, 0.15) is 49.7 Å². The predicted molar refractivity (Wildman–Crippen MR) is 106 cm³/mol. The average Bonchev–Trinajstić information content (AvgIpc) is 2.66. The summed E-state index contributed by atoms with van der Waals surface area (Å²) < 4.78 is 0. The molecule has 1 nitrogen and oxygen atoms in total. The van der Waals surface area contributed by atoms with Gasteiger partial charge in [0.25, 0.3) is 0 Å². The minimum atomic E-state index is 0.0397. The van der Waals surface area contributed by atoms with Gasteiger partial charge >= 0.3 is 0 Å². The summed E-state index contributed by atoms with van der Waals surface area (Å²) in [6.45, 7) is 2.21. The Morgan fingerprint density at radius 3 is 2.44 bits per heavy atom. The van der Waals surface area contributed by atoms with Crippen LogP contribution in [0.3, 0.4) is 0 Å². The zero-order valence-corrected chi connectivity index (χ0v) is 14.7. The van der Waals surface area contributed by atoms with Gasteiger partial charge in [-0.25, -0.2) is 0 Å². The zero-order chi connectivity index (χ0) is 17.5. The molecule has 0 aliphatic rings. The lowest BCUT2D eigenvalue weighted by atomic mass is 9.88. The monoisotopic (exact) mass is 328 g/mol. The van der Waals surface area contributed by atoms with E-state index in [0.717, 1.165) is 34.7 Å². The molecule has 0 fully saturated rings. The molecule has 0 aromatic heterocycles. The van der Waals surface area contributed by atoms with E-state index in [1.54, 1.807) is 6.07 Å². The molecule has 1 atom stereocenters. The number of phenolic OH excluding ortho intramolecular Hbond substituents is 1. The highest BCUT2D eigenvalue weighted by Crippen LogP contribution is 2.36. The van der Waals surface area contributed by atoms with Crippen molar-refractivity contribution in [3.63, 3.8) is 0 Å². The van der Waals surface area contributed by atoms with E-state index in [-0.39, 0.29) is 5.92 Å². The molecule has 0 saturated heterocycles. The molecular weight excluding hydrogens is 304 g/mol. The van der Waals surface area contributed by atoms with Gasteiger partial charge in [0.1, 0.15) is 5.75 Å². The summed E-state index contributed by atoms with van der Waals surface area (Å²) in [6.07, 6.45) is 4.46. The van der Waals surface area contributed by atoms with Crippen molar-refractivity contribution >= 4 is 10.8 Å². The first kappa shape index (κ1) is 17.1. The summed E-state index contributed by atoms with van der Waals surface area (Å²) in [5, 5.41) is 12.8. The first-order valence-corrected chi connectivity index (χ1v) is 9.07. The van der Waals surface area contributed by atoms with Crippen LogP contribution >= 0.6 is 0 Å². The van der Waals surface area contributed by atoms with Crippen LogP contribution in [0, 0.1) is 11.8 Å². The Hall–Kier alpha value is -2.72. The molecule has 0 radical (unpaired) electrons. The highest BCUT2D eigenvalue weighted by atomic mass is 16.3. The second-order valence-corrected chi connectivity index (χ2v) is 6.40. The molecule has 0 spiro atoms. The lowest BCUT2D eigenvalue weighted by Crippen LogP contribution is -1.99. The largest absolute Gasteiger partial charge is 0.508 e. The van der Waals surface area contributed by atoms with Gasteiger partial charge in [-0.2, -0.15) is 0 Å². The lowest BCUT2D eigenvalue weighted by molar-refractivity contribution is 0.464. The van der Waals surface area contributed by atoms with Crippen LogP contribution in [0.25, 0.3) is 10.8 Å². The van der Waals surface area contributed by atoms with E-state index in [1.807, 2.05) is 48.5 Å². The number of hydrogen-bond acceptors (Lipinski definition) is 1. The number of hydrogen-bond donors (Lipinski definition) is 1. The fourth-order valence-electron chi connectivity index (χ4n) is 3.23. The molecule has 3 aromatic rings. The third-order valence-corrected chi connectivity index (χ3v) is 4.56. The Morgan fingerprint density at radius 2 is 1.64 bits per heavy atom. The molecular formula is C24H24O. The summed E-state index contributed by atoms with van der Waals surface area (Å²) in [5.74, 6) is 7.12. The highest BCUT2D eigenvalue weighted by molar-refractivity contribution is 5.88. The van der Waals surface area contributed by atoms with Crippen LogP contribution in [-0.4, -0.2) is 5.11 Å². The van der Waals surface area contributed by atoms with Gasteiger partial charge < -0.3 is 5.11 Å². The topological polar surface area (TPSA) is 20.2 Å². The summed E-state index contributed by atoms with van der Waals surface area (Å²) >= 11 is 0. The molecule has 1 N–H and O–H groups in total. The number of unbranched alkanes of at least 4 members (excludes halogenated alkanes) is 2. The average molecular weight is 328 g/mol. The van der Waals surface area contributed by atoms with E-state index in [9.17, 15) is 5.11 Å². The number of aromatic hydroxyl groups is 1. The SMILES string of the molecule is CCCCCC(C#Cc1ccccc1)c1c(O)ccc2ccccc12. The minimum absolute atomic E-state index is 0.0397. The fourth-order valence-corrected chi connectivity index (χ4v) is 3.23. The van der Waals surface area contributed by atoms with E-state index in [4.69, 9.17) is 0 Å². The minimum Gasteiger partial charge on any atom is -0.508 e. The van der Waals surface area contributed by atoms with Crippen LogP contribution in [0.4, 0.5) is 0 Å². The maximum atomic E-state index is 10.6. The van der Waals surface area contributed by atoms with Crippen LogP contribution in [0.15, 0.2) is 66.7 Å². The molecule has 0 amide bonds. The van der Waals surface area contributed by atoms with Gasteiger partial charge in [-0.1, -0.05) is 86.6 Å². The summed E-state index contributed by atoms with van der Waals surface area (Å²) in [4.78, 5) is 0. The van der Waals surface area contributed by atoms with Crippen molar-refractivity contribution in [2.75, 3.05) is 0 Å². The van der Waals surface area contributed by atoms with Gasteiger partial charge in [0, 0.05) is 17.0 Å². The Kier molecular flexibility index (Phi) is 5.75. The Morgan fingerprint density at radius 1 is 0.880 bits per heavy atom. The Balaban J connectivity index is 2.03. The zero-order valence-electron chi connectivity index (χ0n) is 14.7. The van der Waals surface area contributed by atoms with E-state index in [2.05, 4.69) is 30.9 Å². The molecule has 0 aliphatic heterocycles. The van der Waals surface area contributed by atoms with E-state index >= 15 is 0 Å². The van der Waals surface area contributed by atoms with Gasteiger partial charge in [-0.15, -0.1) is 0 Å².